The van der Waals surface area contributed by atoms with Gasteiger partial charge in [-0.1, -0.05) is 11.6 Å². The van der Waals surface area contributed by atoms with Crippen LogP contribution in [-0.4, -0.2) is 47.5 Å². The second-order valence-electron chi connectivity index (χ2n) is 7.99. The second kappa shape index (κ2) is 12.7. The standard InChI is InChI=1S/C23H30ClN7O3S/c1-15-19(13-27-23-22(24)16(2)28-17(3)29-23)25-8-7-20(15)34-10-5-6-11-35-12-9-30-18(4)26-14-21(30)31(32)33/h7-8,14H,5-6,9-13H2,1-4H3,(H,27,28,29). The van der Waals surface area contributed by atoms with Crippen LogP contribution in [0.25, 0.3) is 0 Å². The van der Waals surface area contributed by atoms with Crippen LogP contribution >= 0.6 is 23.4 Å². The van der Waals surface area contributed by atoms with Gasteiger partial charge in [0.15, 0.2) is 5.82 Å². The van der Waals surface area contributed by atoms with Gasteiger partial charge in [-0.15, -0.1) is 0 Å². The van der Waals surface area contributed by atoms with Crippen LogP contribution in [0.3, 0.4) is 0 Å². The van der Waals surface area contributed by atoms with Gasteiger partial charge < -0.3 is 20.2 Å². The lowest BCUT2D eigenvalue weighted by Crippen LogP contribution is -2.09. The third-order valence-corrected chi connectivity index (χ3v) is 6.93. The van der Waals surface area contributed by atoms with Gasteiger partial charge in [-0.05, 0) is 50.4 Å². The van der Waals surface area contributed by atoms with Crippen LogP contribution < -0.4 is 10.1 Å². The first-order valence-electron chi connectivity index (χ1n) is 11.3. The first-order valence-corrected chi connectivity index (χ1v) is 12.9. The molecule has 0 aromatic carbocycles. The number of hydrogen-bond donors (Lipinski definition) is 1. The predicted octanol–water partition coefficient (Wildman–Crippen LogP) is 5.07. The van der Waals surface area contributed by atoms with Crippen molar-refractivity contribution in [3.05, 3.63) is 62.2 Å². The Balaban J connectivity index is 1.39. The third kappa shape index (κ3) is 7.28. The zero-order chi connectivity index (χ0) is 25.4. The van der Waals surface area contributed by atoms with E-state index in [1.54, 1.807) is 29.4 Å². The maximum Gasteiger partial charge on any atom is 0.342 e. The molecule has 1 N–H and O–H groups in total. The summed E-state index contributed by atoms with van der Waals surface area (Å²) in [7, 11) is 0. The molecule has 0 bridgehead atoms. The van der Waals surface area contributed by atoms with E-state index in [2.05, 4.69) is 25.3 Å². The van der Waals surface area contributed by atoms with E-state index in [4.69, 9.17) is 16.3 Å². The molecule has 0 amide bonds. The zero-order valence-corrected chi connectivity index (χ0v) is 21.9. The molecule has 0 aliphatic heterocycles. The molecule has 188 valence electrons. The Morgan fingerprint density at radius 2 is 1.97 bits per heavy atom. The molecular weight excluding hydrogens is 490 g/mol. The van der Waals surface area contributed by atoms with Crippen molar-refractivity contribution in [2.24, 2.45) is 0 Å². The summed E-state index contributed by atoms with van der Waals surface area (Å²) in [4.78, 5) is 27.8. The van der Waals surface area contributed by atoms with Gasteiger partial charge in [0.2, 0.25) is 0 Å². The highest BCUT2D eigenvalue weighted by atomic mass is 35.5. The van der Waals surface area contributed by atoms with E-state index in [0.29, 0.717) is 42.2 Å². The van der Waals surface area contributed by atoms with E-state index in [1.807, 2.05) is 26.8 Å². The maximum absolute atomic E-state index is 11.0. The fourth-order valence-corrected chi connectivity index (χ4v) is 4.58. The normalized spacial score (nSPS) is 11.0. The van der Waals surface area contributed by atoms with E-state index in [0.717, 1.165) is 47.0 Å². The number of halogens is 1. The van der Waals surface area contributed by atoms with Crippen molar-refractivity contribution in [3.63, 3.8) is 0 Å². The first-order chi connectivity index (χ1) is 16.8. The number of nitrogens with one attached hydrogen (secondary N) is 1. The van der Waals surface area contributed by atoms with Crippen molar-refractivity contribution in [1.29, 1.82) is 0 Å². The minimum atomic E-state index is -0.391. The van der Waals surface area contributed by atoms with Crippen LogP contribution in [0.5, 0.6) is 5.75 Å². The molecule has 10 nitrogen and oxygen atoms in total. The number of aromatic nitrogens is 5. The SMILES string of the molecule is Cc1nc(C)c(Cl)c(NCc2nccc(OCCCCSCCn3c([N+](=O)[O-])cnc3C)c2C)n1. The summed E-state index contributed by atoms with van der Waals surface area (Å²) in [6.45, 7) is 9.12. The van der Waals surface area contributed by atoms with E-state index in [9.17, 15) is 10.1 Å². The molecule has 3 aromatic heterocycles. The molecule has 0 radical (unpaired) electrons. The summed E-state index contributed by atoms with van der Waals surface area (Å²) in [6, 6.07) is 1.87. The molecule has 0 spiro atoms. The van der Waals surface area contributed by atoms with E-state index in [-0.39, 0.29) is 5.82 Å². The van der Waals surface area contributed by atoms with Crippen LogP contribution in [0.4, 0.5) is 11.6 Å². The molecule has 0 aliphatic carbocycles. The van der Waals surface area contributed by atoms with Crippen molar-refractivity contribution in [2.45, 2.75) is 53.6 Å². The molecule has 0 saturated heterocycles. The Kier molecular flexibility index (Phi) is 9.67. The number of thioether (sulfide) groups is 1. The topological polar surface area (TPSA) is 121 Å². The number of nitrogens with zero attached hydrogens (tertiary/aromatic N) is 6. The molecule has 0 atom stereocenters. The molecule has 12 heteroatoms. The summed E-state index contributed by atoms with van der Waals surface area (Å²) in [5.41, 5.74) is 2.58. The predicted molar refractivity (Wildman–Crippen MR) is 138 cm³/mol. The van der Waals surface area contributed by atoms with Gasteiger partial charge in [0.25, 0.3) is 0 Å². The molecule has 35 heavy (non-hydrogen) atoms. The Morgan fingerprint density at radius 1 is 1.17 bits per heavy atom. The van der Waals surface area contributed by atoms with Crippen molar-refractivity contribution in [2.75, 3.05) is 23.4 Å². The minimum Gasteiger partial charge on any atom is -0.493 e. The van der Waals surface area contributed by atoms with Gasteiger partial charge >= 0.3 is 5.82 Å². The largest absolute Gasteiger partial charge is 0.493 e. The van der Waals surface area contributed by atoms with Crippen LogP contribution in [0.15, 0.2) is 18.5 Å². The number of hydrogen-bond acceptors (Lipinski definition) is 9. The number of anilines is 1. The lowest BCUT2D eigenvalue weighted by molar-refractivity contribution is -0.392. The fraction of sp³-hybridized carbons (Fsp3) is 0.478. The highest BCUT2D eigenvalue weighted by Crippen LogP contribution is 2.25. The molecule has 3 heterocycles. The summed E-state index contributed by atoms with van der Waals surface area (Å²) < 4.78 is 7.65. The van der Waals surface area contributed by atoms with Crippen LogP contribution in [0, 0.1) is 37.8 Å². The maximum atomic E-state index is 11.0. The summed E-state index contributed by atoms with van der Waals surface area (Å²) in [5, 5.41) is 14.8. The lowest BCUT2D eigenvalue weighted by Gasteiger charge is -2.14. The fourth-order valence-electron chi connectivity index (χ4n) is 3.50. The Morgan fingerprint density at radius 3 is 2.74 bits per heavy atom. The zero-order valence-electron chi connectivity index (χ0n) is 20.4. The average Bonchev–Trinajstić information content (AvgIpc) is 3.19. The van der Waals surface area contributed by atoms with Gasteiger partial charge in [0.05, 0.1) is 24.5 Å². The smallest absolute Gasteiger partial charge is 0.342 e. The van der Waals surface area contributed by atoms with Crippen LogP contribution in [-0.2, 0) is 13.1 Å². The Labute approximate surface area is 214 Å². The number of pyridine rings is 1. The van der Waals surface area contributed by atoms with Gasteiger partial charge in [-0.3, -0.25) is 4.98 Å². The number of aryl methyl sites for hydroxylation is 3. The highest BCUT2D eigenvalue weighted by Gasteiger charge is 2.16. The molecule has 3 rings (SSSR count). The van der Waals surface area contributed by atoms with Crippen molar-refractivity contribution >= 4 is 35.0 Å². The van der Waals surface area contributed by atoms with Crippen molar-refractivity contribution in [3.8, 4) is 5.75 Å². The summed E-state index contributed by atoms with van der Waals surface area (Å²) >= 11 is 8.09. The van der Waals surface area contributed by atoms with E-state index in [1.165, 1.54) is 6.20 Å². The van der Waals surface area contributed by atoms with Gasteiger partial charge in [-0.2, -0.15) is 11.8 Å². The molecule has 0 saturated carbocycles. The minimum absolute atomic E-state index is 0.0455. The van der Waals surface area contributed by atoms with E-state index >= 15 is 0 Å². The number of unbranched alkanes of at least 4 members (excludes halogenated alkanes) is 1. The van der Waals surface area contributed by atoms with Crippen LogP contribution in [0.1, 0.15) is 41.4 Å². The molecule has 0 unspecified atom stereocenters. The third-order valence-electron chi connectivity index (χ3n) is 5.43. The number of imidazole rings is 1. The van der Waals surface area contributed by atoms with Crippen molar-refractivity contribution < 1.29 is 9.66 Å². The molecule has 3 aromatic rings. The highest BCUT2D eigenvalue weighted by molar-refractivity contribution is 7.99. The molecule has 0 fully saturated rings. The lowest BCUT2D eigenvalue weighted by atomic mass is 10.2. The van der Waals surface area contributed by atoms with Gasteiger partial charge in [0.1, 0.15) is 35.2 Å². The Bertz CT molecular complexity index is 1170. The van der Waals surface area contributed by atoms with E-state index < -0.39 is 4.92 Å². The number of nitro groups is 1. The number of rotatable bonds is 13. The van der Waals surface area contributed by atoms with Gasteiger partial charge in [0, 0.05) is 24.4 Å². The van der Waals surface area contributed by atoms with Crippen molar-refractivity contribution in [1.82, 2.24) is 24.5 Å². The molecule has 0 aliphatic rings. The molecular formula is C23H30ClN7O3S. The average molecular weight is 520 g/mol. The van der Waals surface area contributed by atoms with Gasteiger partial charge in [-0.25, -0.2) is 19.5 Å². The van der Waals surface area contributed by atoms with Crippen LogP contribution in [0.2, 0.25) is 5.02 Å². The Hall–Kier alpha value is -2.92. The second-order valence-corrected chi connectivity index (χ2v) is 9.60. The monoisotopic (exact) mass is 519 g/mol. The number of ether oxygens (including phenoxy) is 1. The summed E-state index contributed by atoms with van der Waals surface area (Å²) in [6.07, 6.45) is 4.97. The quantitative estimate of drug-likeness (QED) is 0.187. The summed E-state index contributed by atoms with van der Waals surface area (Å²) in [5.74, 6) is 4.55. The first kappa shape index (κ1) is 26.7.